The van der Waals surface area contributed by atoms with Crippen molar-refractivity contribution < 1.29 is 4.39 Å². The van der Waals surface area contributed by atoms with E-state index in [2.05, 4.69) is 43.8 Å². The van der Waals surface area contributed by atoms with Crippen molar-refractivity contribution in [2.24, 2.45) is 0 Å². The normalized spacial score (nSPS) is 11.2. The molecule has 0 unspecified atom stereocenters. The first kappa shape index (κ1) is 14.5. The number of benzene rings is 2. The van der Waals surface area contributed by atoms with Crippen LogP contribution >= 0.6 is 31.9 Å². The zero-order valence-electron chi connectivity index (χ0n) is 11.2. The third kappa shape index (κ3) is 2.46. The summed E-state index contributed by atoms with van der Waals surface area (Å²) in [6, 6.07) is 9.03. The number of aromatic nitrogens is 2. The van der Waals surface area contributed by atoms with E-state index in [-0.39, 0.29) is 5.82 Å². The lowest BCUT2D eigenvalue weighted by atomic mass is 10.1. The summed E-state index contributed by atoms with van der Waals surface area (Å²) in [5.74, 6) is 0.0123. The molecule has 3 rings (SSSR count). The molecule has 0 atom stereocenters. The Morgan fingerprint density at radius 3 is 2.71 bits per heavy atom. The Kier molecular flexibility index (Phi) is 3.75. The summed E-state index contributed by atoms with van der Waals surface area (Å²) < 4.78 is 17.0. The minimum Gasteiger partial charge on any atom is -0.369 e. The lowest BCUT2D eigenvalue weighted by Gasteiger charge is -2.12. The molecular formula is C15H12Br2FN3. The van der Waals surface area contributed by atoms with Crippen molar-refractivity contribution in [2.75, 3.05) is 5.73 Å². The number of nitrogens with two attached hydrogens (primary N) is 1. The summed E-state index contributed by atoms with van der Waals surface area (Å²) in [6.45, 7) is 2.07. The van der Waals surface area contributed by atoms with Crippen molar-refractivity contribution in [1.82, 2.24) is 9.55 Å². The fourth-order valence-corrected chi connectivity index (χ4v) is 3.14. The Hall–Kier alpha value is -1.40. The van der Waals surface area contributed by atoms with Gasteiger partial charge >= 0.3 is 0 Å². The summed E-state index contributed by atoms with van der Waals surface area (Å²) in [5, 5.41) is 0. The van der Waals surface area contributed by atoms with Gasteiger partial charge in [-0.05, 0) is 52.2 Å². The number of hydrogen-bond donors (Lipinski definition) is 1. The first-order valence-corrected chi connectivity index (χ1v) is 8.01. The number of imidazole rings is 1. The SMILES string of the molecule is CCc1cc(Br)ccc1-n1c(N)nc2cc(Br)c(F)cc21. The fourth-order valence-electron chi connectivity index (χ4n) is 2.40. The van der Waals surface area contributed by atoms with Crippen LogP contribution in [0.15, 0.2) is 39.3 Å². The Morgan fingerprint density at radius 2 is 2.00 bits per heavy atom. The molecule has 0 spiro atoms. The summed E-state index contributed by atoms with van der Waals surface area (Å²) in [6.07, 6.45) is 0.840. The van der Waals surface area contributed by atoms with E-state index in [1.807, 2.05) is 18.2 Å². The molecule has 2 N–H and O–H groups in total. The second-order valence-corrected chi connectivity index (χ2v) is 6.46. The van der Waals surface area contributed by atoms with E-state index < -0.39 is 0 Å². The largest absolute Gasteiger partial charge is 0.369 e. The van der Waals surface area contributed by atoms with Gasteiger partial charge in [-0.25, -0.2) is 9.37 Å². The van der Waals surface area contributed by atoms with Crippen LogP contribution in [0.5, 0.6) is 0 Å². The lowest BCUT2D eigenvalue weighted by molar-refractivity contribution is 0.622. The molecule has 108 valence electrons. The van der Waals surface area contributed by atoms with Crippen molar-refractivity contribution in [1.29, 1.82) is 0 Å². The third-order valence-electron chi connectivity index (χ3n) is 3.39. The highest BCUT2D eigenvalue weighted by Gasteiger charge is 2.15. The maximum absolute atomic E-state index is 13.9. The van der Waals surface area contributed by atoms with E-state index in [1.54, 1.807) is 10.6 Å². The second kappa shape index (κ2) is 5.42. The number of rotatable bonds is 2. The maximum atomic E-state index is 13.9. The minimum atomic E-state index is -0.334. The predicted octanol–water partition coefficient (Wildman–Crippen LogP) is 4.83. The van der Waals surface area contributed by atoms with Crippen LogP contribution in [0.1, 0.15) is 12.5 Å². The molecule has 0 saturated carbocycles. The fraction of sp³-hybridized carbons (Fsp3) is 0.133. The van der Waals surface area contributed by atoms with Crippen molar-refractivity contribution >= 4 is 48.8 Å². The molecule has 0 bridgehead atoms. The highest BCUT2D eigenvalue weighted by molar-refractivity contribution is 9.10. The molecule has 3 aromatic rings. The van der Waals surface area contributed by atoms with Crippen LogP contribution in [0.4, 0.5) is 10.3 Å². The smallest absolute Gasteiger partial charge is 0.205 e. The average molecular weight is 413 g/mol. The number of aryl methyl sites for hydroxylation is 1. The van der Waals surface area contributed by atoms with Gasteiger partial charge in [0.15, 0.2) is 0 Å². The predicted molar refractivity (Wildman–Crippen MR) is 90.2 cm³/mol. The standard InChI is InChI=1S/C15H12Br2FN3/c1-2-8-5-9(16)3-4-13(8)21-14-7-11(18)10(17)6-12(14)20-15(21)19/h3-7H,2H2,1H3,(H2,19,20). The molecule has 21 heavy (non-hydrogen) atoms. The van der Waals surface area contributed by atoms with E-state index in [1.165, 1.54) is 6.07 Å². The molecule has 0 aliphatic carbocycles. The molecule has 0 saturated heterocycles. The first-order chi connectivity index (χ1) is 10.0. The summed E-state index contributed by atoms with van der Waals surface area (Å²) in [4.78, 5) is 4.32. The molecule has 0 fully saturated rings. The Balaban J connectivity index is 2.35. The summed E-state index contributed by atoms with van der Waals surface area (Å²) >= 11 is 6.64. The van der Waals surface area contributed by atoms with Crippen LogP contribution in [0.25, 0.3) is 16.7 Å². The van der Waals surface area contributed by atoms with Gasteiger partial charge in [0.1, 0.15) is 5.82 Å². The molecule has 0 radical (unpaired) electrons. The molecular weight excluding hydrogens is 401 g/mol. The summed E-state index contributed by atoms with van der Waals surface area (Å²) in [7, 11) is 0. The number of nitrogen functional groups attached to an aromatic ring is 1. The Labute approximate surface area is 138 Å². The molecule has 0 aliphatic heterocycles. The molecule has 0 amide bonds. The van der Waals surface area contributed by atoms with E-state index in [4.69, 9.17) is 5.73 Å². The Morgan fingerprint density at radius 1 is 1.24 bits per heavy atom. The quantitative estimate of drug-likeness (QED) is 0.654. The highest BCUT2D eigenvalue weighted by atomic mass is 79.9. The lowest BCUT2D eigenvalue weighted by Crippen LogP contribution is -2.04. The van der Waals surface area contributed by atoms with Gasteiger partial charge in [-0.3, -0.25) is 4.57 Å². The van der Waals surface area contributed by atoms with Crippen LogP contribution in [0.3, 0.4) is 0 Å². The van der Waals surface area contributed by atoms with Crippen LogP contribution in [0, 0.1) is 5.82 Å². The van der Waals surface area contributed by atoms with Gasteiger partial charge in [-0.2, -0.15) is 0 Å². The second-order valence-electron chi connectivity index (χ2n) is 4.69. The zero-order chi connectivity index (χ0) is 15.1. The van der Waals surface area contributed by atoms with Crippen LogP contribution in [-0.4, -0.2) is 9.55 Å². The van der Waals surface area contributed by atoms with Gasteiger partial charge < -0.3 is 5.73 Å². The van der Waals surface area contributed by atoms with Crippen LogP contribution in [-0.2, 0) is 6.42 Å². The van der Waals surface area contributed by atoms with E-state index in [0.29, 0.717) is 21.5 Å². The molecule has 0 aliphatic rings. The van der Waals surface area contributed by atoms with E-state index >= 15 is 0 Å². The number of fused-ring (bicyclic) bond motifs is 1. The maximum Gasteiger partial charge on any atom is 0.205 e. The number of nitrogens with zero attached hydrogens (tertiary/aromatic N) is 2. The van der Waals surface area contributed by atoms with Gasteiger partial charge in [0.2, 0.25) is 5.95 Å². The monoisotopic (exact) mass is 411 g/mol. The summed E-state index contributed by atoms with van der Waals surface area (Å²) in [5.41, 5.74) is 9.39. The number of halogens is 3. The van der Waals surface area contributed by atoms with Crippen LogP contribution < -0.4 is 5.73 Å². The average Bonchev–Trinajstić information content (AvgIpc) is 2.75. The van der Waals surface area contributed by atoms with Gasteiger partial charge in [-0.15, -0.1) is 0 Å². The zero-order valence-corrected chi connectivity index (χ0v) is 14.4. The van der Waals surface area contributed by atoms with Gasteiger partial charge in [0, 0.05) is 10.5 Å². The molecule has 1 heterocycles. The molecule has 2 aromatic carbocycles. The van der Waals surface area contributed by atoms with Gasteiger partial charge in [0.25, 0.3) is 0 Å². The highest BCUT2D eigenvalue weighted by Crippen LogP contribution is 2.30. The van der Waals surface area contributed by atoms with Gasteiger partial charge in [-0.1, -0.05) is 22.9 Å². The van der Waals surface area contributed by atoms with Gasteiger partial charge in [0.05, 0.1) is 21.2 Å². The van der Waals surface area contributed by atoms with Crippen molar-refractivity contribution in [3.05, 3.63) is 50.7 Å². The molecule has 3 nitrogen and oxygen atoms in total. The van der Waals surface area contributed by atoms with Crippen molar-refractivity contribution in [3.8, 4) is 5.69 Å². The minimum absolute atomic E-state index is 0.334. The topological polar surface area (TPSA) is 43.8 Å². The van der Waals surface area contributed by atoms with Crippen molar-refractivity contribution in [2.45, 2.75) is 13.3 Å². The Bertz CT molecular complexity index is 843. The number of hydrogen-bond acceptors (Lipinski definition) is 2. The molecule has 6 heteroatoms. The molecule has 1 aromatic heterocycles. The van der Waals surface area contributed by atoms with E-state index in [0.717, 1.165) is 22.1 Å². The van der Waals surface area contributed by atoms with E-state index in [9.17, 15) is 4.39 Å². The van der Waals surface area contributed by atoms with Crippen LogP contribution in [0.2, 0.25) is 0 Å². The number of anilines is 1. The first-order valence-electron chi connectivity index (χ1n) is 6.43. The van der Waals surface area contributed by atoms with Crippen molar-refractivity contribution in [3.63, 3.8) is 0 Å². The third-order valence-corrected chi connectivity index (χ3v) is 4.49.